The quantitative estimate of drug-likeness (QED) is 0.806. The lowest BCUT2D eigenvalue weighted by molar-refractivity contribution is 0.132. The number of aliphatic hydroxyl groups excluding tert-OH is 1. The van der Waals surface area contributed by atoms with Crippen molar-refractivity contribution in [2.24, 2.45) is 5.73 Å². The van der Waals surface area contributed by atoms with Crippen molar-refractivity contribution in [3.63, 3.8) is 0 Å². The van der Waals surface area contributed by atoms with Crippen molar-refractivity contribution >= 4 is 11.6 Å². The maximum atomic E-state index is 13.4. The standard InChI is InChI=1S/C11H14ClF2NO/c1-2-3-8(16)11(15)9-6(13)4-5-7(14)10(9)12/h4-5,8,11,16H,2-3,15H2,1H3/t8-,11-/m0/s1. The van der Waals surface area contributed by atoms with Gasteiger partial charge in [0, 0.05) is 5.56 Å². The molecule has 1 rings (SSSR count). The topological polar surface area (TPSA) is 46.2 Å². The Bertz CT molecular complexity index is 373. The normalized spacial score (nSPS) is 14.9. The molecular weight excluding hydrogens is 236 g/mol. The molecule has 1 aromatic rings. The Morgan fingerprint density at radius 1 is 1.38 bits per heavy atom. The van der Waals surface area contributed by atoms with Gasteiger partial charge in [-0.15, -0.1) is 0 Å². The SMILES string of the molecule is CCC[C@H](O)[C@H](N)c1c(F)ccc(F)c1Cl. The molecule has 1 aromatic carbocycles. The van der Waals surface area contributed by atoms with E-state index in [0.29, 0.717) is 12.8 Å². The zero-order valence-electron chi connectivity index (χ0n) is 8.88. The van der Waals surface area contributed by atoms with E-state index < -0.39 is 23.8 Å². The zero-order valence-corrected chi connectivity index (χ0v) is 9.64. The number of hydrogen-bond acceptors (Lipinski definition) is 2. The smallest absolute Gasteiger partial charge is 0.142 e. The third kappa shape index (κ3) is 2.70. The van der Waals surface area contributed by atoms with Gasteiger partial charge in [-0.2, -0.15) is 0 Å². The molecule has 0 spiro atoms. The second-order valence-corrected chi connectivity index (χ2v) is 4.02. The van der Waals surface area contributed by atoms with Crippen LogP contribution in [-0.4, -0.2) is 11.2 Å². The number of nitrogens with two attached hydrogens (primary N) is 1. The van der Waals surface area contributed by atoms with Crippen LogP contribution in [0.4, 0.5) is 8.78 Å². The van der Waals surface area contributed by atoms with Crippen molar-refractivity contribution in [3.05, 3.63) is 34.4 Å². The molecule has 0 aliphatic carbocycles. The van der Waals surface area contributed by atoms with Gasteiger partial charge in [0.05, 0.1) is 17.2 Å². The maximum absolute atomic E-state index is 13.4. The van der Waals surface area contributed by atoms with Gasteiger partial charge in [0.2, 0.25) is 0 Å². The monoisotopic (exact) mass is 249 g/mol. The number of halogens is 3. The first-order valence-corrected chi connectivity index (χ1v) is 5.43. The first-order valence-electron chi connectivity index (χ1n) is 5.06. The van der Waals surface area contributed by atoms with E-state index in [1.807, 2.05) is 6.92 Å². The van der Waals surface area contributed by atoms with E-state index in [2.05, 4.69) is 0 Å². The Morgan fingerprint density at radius 3 is 2.50 bits per heavy atom. The van der Waals surface area contributed by atoms with E-state index >= 15 is 0 Å². The second-order valence-electron chi connectivity index (χ2n) is 3.64. The molecule has 3 N–H and O–H groups in total. The van der Waals surface area contributed by atoms with Crippen LogP contribution in [0.5, 0.6) is 0 Å². The van der Waals surface area contributed by atoms with E-state index in [-0.39, 0.29) is 10.6 Å². The Hall–Kier alpha value is -0.710. The van der Waals surface area contributed by atoms with Crippen LogP contribution in [0.1, 0.15) is 31.4 Å². The van der Waals surface area contributed by atoms with Crippen molar-refractivity contribution in [3.8, 4) is 0 Å². The zero-order chi connectivity index (χ0) is 12.3. The highest BCUT2D eigenvalue weighted by molar-refractivity contribution is 6.31. The molecule has 0 aliphatic heterocycles. The summed E-state index contributed by atoms with van der Waals surface area (Å²) in [5.41, 5.74) is 5.49. The fourth-order valence-corrected chi connectivity index (χ4v) is 1.80. The van der Waals surface area contributed by atoms with Crippen LogP contribution < -0.4 is 5.73 Å². The van der Waals surface area contributed by atoms with Gasteiger partial charge in [0.15, 0.2) is 0 Å². The Kier molecular flexibility index (Phi) is 4.65. The summed E-state index contributed by atoms with van der Waals surface area (Å²) >= 11 is 5.63. The fraction of sp³-hybridized carbons (Fsp3) is 0.455. The van der Waals surface area contributed by atoms with Crippen LogP contribution in [0, 0.1) is 11.6 Å². The summed E-state index contributed by atoms with van der Waals surface area (Å²) in [5, 5.41) is 9.28. The minimum absolute atomic E-state index is 0.164. The summed E-state index contributed by atoms with van der Waals surface area (Å²) in [6, 6.07) is 0.873. The molecule has 0 aromatic heterocycles. The average molecular weight is 250 g/mol. The molecule has 0 bridgehead atoms. The van der Waals surface area contributed by atoms with Gasteiger partial charge < -0.3 is 10.8 Å². The molecule has 0 amide bonds. The Labute approximate surface area is 98.0 Å². The largest absolute Gasteiger partial charge is 0.391 e. The van der Waals surface area contributed by atoms with Crippen molar-refractivity contribution in [1.82, 2.24) is 0 Å². The molecule has 16 heavy (non-hydrogen) atoms. The fourth-order valence-electron chi connectivity index (χ4n) is 1.52. The number of benzene rings is 1. The van der Waals surface area contributed by atoms with Gasteiger partial charge in [0.1, 0.15) is 11.6 Å². The first-order chi connectivity index (χ1) is 7.49. The van der Waals surface area contributed by atoms with E-state index in [4.69, 9.17) is 17.3 Å². The molecule has 90 valence electrons. The molecule has 0 aliphatic rings. The van der Waals surface area contributed by atoms with E-state index in [9.17, 15) is 13.9 Å². The van der Waals surface area contributed by atoms with E-state index in [1.165, 1.54) is 0 Å². The van der Waals surface area contributed by atoms with Crippen molar-refractivity contribution < 1.29 is 13.9 Å². The highest BCUT2D eigenvalue weighted by atomic mass is 35.5. The Balaban J connectivity index is 3.07. The van der Waals surface area contributed by atoms with E-state index in [0.717, 1.165) is 12.1 Å². The molecule has 0 saturated carbocycles. The van der Waals surface area contributed by atoms with E-state index in [1.54, 1.807) is 0 Å². The molecule has 2 nitrogen and oxygen atoms in total. The lowest BCUT2D eigenvalue weighted by atomic mass is 9.98. The number of hydrogen-bond donors (Lipinski definition) is 2. The van der Waals surface area contributed by atoms with Crippen LogP contribution in [0.25, 0.3) is 0 Å². The molecular formula is C11H14ClF2NO. The summed E-state index contributed by atoms with van der Waals surface area (Å²) < 4.78 is 26.6. The molecule has 5 heteroatoms. The summed E-state index contributed by atoms with van der Waals surface area (Å²) in [4.78, 5) is 0. The summed E-state index contributed by atoms with van der Waals surface area (Å²) in [6.45, 7) is 1.86. The Morgan fingerprint density at radius 2 is 1.94 bits per heavy atom. The maximum Gasteiger partial charge on any atom is 0.142 e. The predicted octanol–water partition coefficient (Wildman–Crippen LogP) is 2.78. The highest BCUT2D eigenvalue weighted by Gasteiger charge is 2.23. The van der Waals surface area contributed by atoms with Crippen LogP contribution in [0.15, 0.2) is 12.1 Å². The summed E-state index contributed by atoms with van der Waals surface area (Å²) in [6.07, 6.45) is 0.176. The molecule has 0 heterocycles. The number of rotatable bonds is 4. The molecule has 2 atom stereocenters. The van der Waals surface area contributed by atoms with Crippen LogP contribution in [0.2, 0.25) is 5.02 Å². The minimum atomic E-state index is -1.01. The van der Waals surface area contributed by atoms with Crippen LogP contribution in [-0.2, 0) is 0 Å². The third-order valence-electron chi connectivity index (χ3n) is 2.41. The highest BCUT2D eigenvalue weighted by Crippen LogP contribution is 2.29. The van der Waals surface area contributed by atoms with Gasteiger partial charge >= 0.3 is 0 Å². The van der Waals surface area contributed by atoms with Gasteiger partial charge in [-0.3, -0.25) is 0 Å². The van der Waals surface area contributed by atoms with Crippen molar-refractivity contribution in [1.29, 1.82) is 0 Å². The first kappa shape index (κ1) is 13.4. The summed E-state index contributed by atoms with van der Waals surface area (Å²) in [5.74, 6) is -1.44. The molecule has 0 radical (unpaired) electrons. The van der Waals surface area contributed by atoms with Gasteiger partial charge in [-0.1, -0.05) is 24.9 Å². The minimum Gasteiger partial charge on any atom is -0.391 e. The van der Waals surface area contributed by atoms with Gasteiger partial charge in [0.25, 0.3) is 0 Å². The van der Waals surface area contributed by atoms with Crippen molar-refractivity contribution in [2.75, 3.05) is 0 Å². The molecule has 0 saturated heterocycles. The second kappa shape index (κ2) is 5.57. The lowest BCUT2D eigenvalue weighted by Crippen LogP contribution is -2.27. The summed E-state index contributed by atoms with van der Waals surface area (Å²) in [7, 11) is 0. The van der Waals surface area contributed by atoms with Crippen LogP contribution in [0.3, 0.4) is 0 Å². The molecule has 0 unspecified atom stereocenters. The third-order valence-corrected chi connectivity index (χ3v) is 2.80. The van der Waals surface area contributed by atoms with Gasteiger partial charge in [-0.25, -0.2) is 8.78 Å². The number of aliphatic hydroxyl groups is 1. The molecule has 0 fully saturated rings. The van der Waals surface area contributed by atoms with Gasteiger partial charge in [-0.05, 0) is 18.6 Å². The average Bonchev–Trinajstić information content (AvgIpc) is 2.24. The van der Waals surface area contributed by atoms with Crippen LogP contribution >= 0.6 is 11.6 Å². The van der Waals surface area contributed by atoms with Crippen molar-refractivity contribution in [2.45, 2.75) is 31.9 Å². The lowest BCUT2D eigenvalue weighted by Gasteiger charge is -2.20. The predicted molar refractivity (Wildman–Crippen MR) is 59.2 cm³/mol.